The number of piperidine rings is 1. The van der Waals surface area contributed by atoms with Crippen LogP contribution in [0, 0.1) is 12.8 Å². The number of likely N-dealkylation sites (tertiary alicyclic amines) is 1. The molecule has 2 aromatic rings. The maximum atomic E-state index is 11.6. The van der Waals surface area contributed by atoms with Crippen LogP contribution >= 0.6 is 0 Å². The minimum Gasteiger partial charge on any atom is -0.343 e. The van der Waals surface area contributed by atoms with E-state index >= 15 is 0 Å². The van der Waals surface area contributed by atoms with Crippen molar-refractivity contribution in [3.8, 4) is 11.4 Å². The lowest BCUT2D eigenvalue weighted by atomic mass is 9.93. The van der Waals surface area contributed by atoms with E-state index in [0.29, 0.717) is 5.92 Å². The Balaban J connectivity index is 1.75. The lowest BCUT2D eigenvalue weighted by Crippen LogP contribution is -2.39. The predicted octanol–water partition coefficient (Wildman–Crippen LogP) is 1.99. The third-order valence-corrected chi connectivity index (χ3v) is 4.63. The lowest BCUT2D eigenvalue weighted by Gasteiger charge is -2.31. The number of rotatable bonds is 3. The van der Waals surface area contributed by atoms with E-state index in [2.05, 4.69) is 9.97 Å². The van der Waals surface area contributed by atoms with Gasteiger partial charge in [0.05, 0.1) is 23.8 Å². The van der Waals surface area contributed by atoms with E-state index in [1.807, 2.05) is 35.8 Å². The second-order valence-corrected chi connectivity index (χ2v) is 6.32. The highest BCUT2D eigenvalue weighted by molar-refractivity contribution is 5.73. The van der Waals surface area contributed by atoms with Crippen LogP contribution in [0.3, 0.4) is 0 Å². The van der Waals surface area contributed by atoms with E-state index in [-0.39, 0.29) is 5.91 Å². The van der Waals surface area contributed by atoms with Crippen LogP contribution in [0.4, 0.5) is 0 Å². The Hall–Kier alpha value is -2.24. The Morgan fingerprint density at radius 2 is 2.17 bits per heavy atom. The normalized spacial score (nSPS) is 18.2. The molecule has 3 heterocycles. The van der Waals surface area contributed by atoms with Crippen molar-refractivity contribution in [1.29, 1.82) is 0 Å². The van der Waals surface area contributed by atoms with Crippen LogP contribution in [0.5, 0.6) is 0 Å². The van der Waals surface area contributed by atoms with Gasteiger partial charge in [0.1, 0.15) is 11.5 Å². The predicted molar refractivity (Wildman–Crippen MR) is 87.7 cm³/mol. The van der Waals surface area contributed by atoms with Crippen LogP contribution in [-0.2, 0) is 18.3 Å². The van der Waals surface area contributed by atoms with Gasteiger partial charge < -0.3 is 9.47 Å². The van der Waals surface area contributed by atoms with Crippen molar-refractivity contribution in [3.05, 3.63) is 30.1 Å². The van der Waals surface area contributed by atoms with Gasteiger partial charge in [-0.25, -0.2) is 9.97 Å². The van der Waals surface area contributed by atoms with E-state index in [0.717, 1.165) is 55.3 Å². The van der Waals surface area contributed by atoms with Gasteiger partial charge in [-0.15, -0.1) is 0 Å². The summed E-state index contributed by atoms with van der Waals surface area (Å²) in [5.41, 5.74) is 2.81. The molecule has 2 aromatic heterocycles. The van der Waals surface area contributed by atoms with E-state index in [1.165, 1.54) is 0 Å². The van der Waals surface area contributed by atoms with E-state index < -0.39 is 0 Å². The molecule has 0 aliphatic carbocycles. The molecule has 6 nitrogen and oxygen atoms in total. The summed E-state index contributed by atoms with van der Waals surface area (Å²) in [6.45, 7) is 5.32. The summed E-state index contributed by atoms with van der Waals surface area (Å²) in [4.78, 5) is 26.9. The summed E-state index contributed by atoms with van der Waals surface area (Å²) in [5, 5.41) is 0. The number of nitrogens with zero attached hydrogens (tertiary/aromatic N) is 5. The largest absolute Gasteiger partial charge is 0.343 e. The van der Waals surface area contributed by atoms with Crippen LogP contribution in [0.1, 0.15) is 31.3 Å². The van der Waals surface area contributed by atoms with Crippen molar-refractivity contribution in [2.75, 3.05) is 13.1 Å². The molecule has 122 valence electrons. The first-order valence-corrected chi connectivity index (χ1v) is 8.09. The number of aryl methyl sites for hydroxylation is 1. The molecule has 1 aliphatic rings. The van der Waals surface area contributed by atoms with Crippen LogP contribution in [0.2, 0.25) is 0 Å². The zero-order valence-electron chi connectivity index (χ0n) is 14.0. The second-order valence-electron chi connectivity index (χ2n) is 6.32. The summed E-state index contributed by atoms with van der Waals surface area (Å²) in [6.07, 6.45) is 8.52. The summed E-state index contributed by atoms with van der Waals surface area (Å²) < 4.78 is 2.02. The number of carbonyl (C=O) groups excluding carboxylic acids is 1. The molecule has 0 N–H and O–H groups in total. The fraction of sp³-hybridized carbons (Fsp3) is 0.529. The minimum atomic E-state index is 0.167. The zero-order chi connectivity index (χ0) is 16.4. The van der Waals surface area contributed by atoms with Crippen molar-refractivity contribution in [2.24, 2.45) is 13.0 Å². The van der Waals surface area contributed by atoms with Gasteiger partial charge in [-0.1, -0.05) is 0 Å². The first-order chi connectivity index (χ1) is 11.0. The van der Waals surface area contributed by atoms with Gasteiger partial charge in [0.25, 0.3) is 0 Å². The highest BCUT2D eigenvalue weighted by atomic mass is 16.2. The number of imidazole rings is 1. The molecule has 1 saturated heterocycles. The van der Waals surface area contributed by atoms with E-state index in [4.69, 9.17) is 4.98 Å². The monoisotopic (exact) mass is 313 g/mol. The highest BCUT2D eigenvalue weighted by Crippen LogP contribution is 2.22. The Labute approximate surface area is 136 Å². The molecule has 0 radical (unpaired) electrons. The van der Waals surface area contributed by atoms with Crippen molar-refractivity contribution in [2.45, 2.75) is 33.1 Å². The fourth-order valence-electron chi connectivity index (χ4n) is 3.18. The molecule has 0 aromatic carbocycles. The molecule has 1 aliphatic heterocycles. The molecular weight excluding hydrogens is 290 g/mol. The zero-order valence-corrected chi connectivity index (χ0v) is 14.0. The van der Waals surface area contributed by atoms with Crippen LogP contribution in [-0.4, -0.2) is 43.4 Å². The summed E-state index contributed by atoms with van der Waals surface area (Å²) >= 11 is 0. The second kappa shape index (κ2) is 6.48. The highest BCUT2D eigenvalue weighted by Gasteiger charge is 2.22. The van der Waals surface area contributed by atoms with Gasteiger partial charge in [0, 0.05) is 33.3 Å². The summed E-state index contributed by atoms with van der Waals surface area (Å²) in [5.74, 6) is 1.59. The quantitative estimate of drug-likeness (QED) is 0.869. The molecule has 23 heavy (non-hydrogen) atoms. The summed E-state index contributed by atoms with van der Waals surface area (Å²) in [6, 6.07) is 0. The number of hydrogen-bond acceptors (Lipinski definition) is 4. The SMILES string of the molecule is CC(=O)N1CCC[C@H](Cc2cncc(-c3cnc(C)n3C)n2)C1. The van der Waals surface area contributed by atoms with Crippen molar-refractivity contribution in [3.63, 3.8) is 0 Å². The van der Waals surface area contributed by atoms with Crippen molar-refractivity contribution >= 4 is 5.91 Å². The third-order valence-electron chi connectivity index (χ3n) is 4.63. The van der Waals surface area contributed by atoms with Gasteiger partial charge in [-0.05, 0) is 32.1 Å². The van der Waals surface area contributed by atoms with E-state index in [1.54, 1.807) is 13.1 Å². The molecule has 1 amide bonds. The molecule has 1 atom stereocenters. The van der Waals surface area contributed by atoms with Crippen molar-refractivity contribution < 1.29 is 4.79 Å². The molecule has 0 spiro atoms. The Kier molecular flexibility index (Phi) is 4.41. The minimum absolute atomic E-state index is 0.167. The smallest absolute Gasteiger partial charge is 0.219 e. The molecule has 0 bridgehead atoms. The maximum absolute atomic E-state index is 11.6. The van der Waals surface area contributed by atoms with Gasteiger partial charge >= 0.3 is 0 Å². The number of aromatic nitrogens is 4. The Morgan fingerprint density at radius 3 is 2.87 bits per heavy atom. The first kappa shape index (κ1) is 15.6. The van der Waals surface area contributed by atoms with Gasteiger partial charge in [0.2, 0.25) is 5.91 Å². The number of amides is 1. The van der Waals surface area contributed by atoms with Crippen molar-refractivity contribution in [1.82, 2.24) is 24.4 Å². The summed E-state index contributed by atoms with van der Waals surface area (Å²) in [7, 11) is 1.98. The topological polar surface area (TPSA) is 63.9 Å². The van der Waals surface area contributed by atoms with Gasteiger partial charge in [-0.2, -0.15) is 0 Å². The molecule has 0 saturated carbocycles. The Bertz CT molecular complexity index is 709. The standard InChI is InChI=1S/C17H23N5O/c1-12-19-10-17(21(12)3)16-9-18-8-15(20-16)7-14-5-4-6-22(11-14)13(2)23/h8-10,14H,4-7,11H2,1-3H3/t14-/m1/s1. The van der Waals surface area contributed by atoms with Gasteiger partial charge in [0.15, 0.2) is 0 Å². The van der Waals surface area contributed by atoms with Crippen LogP contribution in [0.15, 0.2) is 18.6 Å². The van der Waals surface area contributed by atoms with Gasteiger partial charge in [-0.3, -0.25) is 9.78 Å². The third kappa shape index (κ3) is 3.41. The number of hydrogen-bond donors (Lipinski definition) is 0. The average Bonchev–Trinajstić information content (AvgIpc) is 2.87. The lowest BCUT2D eigenvalue weighted by molar-refractivity contribution is -0.130. The molecule has 0 unspecified atom stereocenters. The number of carbonyl (C=O) groups is 1. The fourth-order valence-corrected chi connectivity index (χ4v) is 3.18. The Morgan fingerprint density at radius 1 is 1.35 bits per heavy atom. The van der Waals surface area contributed by atoms with E-state index in [9.17, 15) is 4.79 Å². The molecule has 1 fully saturated rings. The molecule has 6 heteroatoms. The molecule has 3 rings (SSSR count). The maximum Gasteiger partial charge on any atom is 0.219 e. The van der Waals surface area contributed by atoms with Crippen LogP contribution < -0.4 is 0 Å². The van der Waals surface area contributed by atoms with Crippen LogP contribution in [0.25, 0.3) is 11.4 Å². The average molecular weight is 313 g/mol. The molecular formula is C17H23N5O. The first-order valence-electron chi connectivity index (χ1n) is 8.09.